The minimum absolute atomic E-state index is 0.393. The fourth-order valence-corrected chi connectivity index (χ4v) is 1.97. The average Bonchev–Trinajstić information content (AvgIpc) is 3.00. The van der Waals surface area contributed by atoms with E-state index in [0.29, 0.717) is 6.42 Å². The molecule has 8 nitrogen and oxygen atoms in total. The first-order valence-corrected chi connectivity index (χ1v) is 5.92. The summed E-state index contributed by atoms with van der Waals surface area (Å²) in [5, 5.41) is 31.0. The lowest BCUT2D eigenvalue weighted by Gasteiger charge is -2.18. The van der Waals surface area contributed by atoms with E-state index >= 15 is 0 Å². The molecule has 2 aliphatic rings. The maximum atomic E-state index is 11.5. The lowest BCUT2D eigenvalue weighted by Crippen LogP contribution is -2.38. The number of carbonyl (C=O) groups is 2. The van der Waals surface area contributed by atoms with Crippen LogP contribution in [0.5, 0.6) is 0 Å². The van der Waals surface area contributed by atoms with E-state index in [1.807, 2.05) is 0 Å². The number of esters is 2. The Morgan fingerprint density at radius 3 is 2.79 bits per heavy atom. The Hall–Kier alpha value is -1.80. The van der Waals surface area contributed by atoms with Gasteiger partial charge in [0, 0.05) is 0 Å². The number of rotatable bonds is 4. The van der Waals surface area contributed by atoms with Gasteiger partial charge in [0.25, 0.3) is 0 Å². The first-order valence-electron chi connectivity index (χ1n) is 5.92. The van der Waals surface area contributed by atoms with Crippen molar-refractivity contribution in [2.24, 2.45) is 0 Å². The van der Waals surface area contributed by atoms with Gasteiger partial charge in [-0.1, -0.05) is 0 Å². The van der Waals surface area contributed by atoms with Gasteiger partial charge in [0.2, 0.25) is 5.76 Å². The Balaban J connectivity index is 1.83. The highest BCUT2D eigenvalue weighted by Crippen LogP contribution is 2.21. The Kier molecular flexibility index (Phi) is 3.91. The van der Waals surface area contributed by atoms with Gasteiger partial charge in [-0.2, -0.15) is 0 Å². The number of hydrogen-bond donors (Lipinski definition) is 4. The summed E-state index contributed by atoms with van der Waals surface area (Å²) in [6.45, 7) is 0.298. The number of carbonyl (C=O) groups excluding carboxylic acids is 2. The highest BCUT2D eigenvalue weighted by Gasteiger charge is 2.40. The summed E-state index contributed by atoms with van der Waals surface area (Å²) < 4.78 is 9.40. The summed E-state index contributed by atoms with van der Waals surface area (Å²) in [7, 11) is 0. The summed E-state index contributed by atoms with van der Waals surface area (Å²) in [5.74, 6) is -3.32. The van der Waals surface area contributed by atoms with Gasteiger partial charge in [-0.15, -0.1) is 0 Å². The summed E-state index contributed by atoms with van der Waals surface area (Å²) in [6.07, 6.45) is -1.30. The molecule has 3 atom stereocenters. The molecule has 0 aromatic carbocycles. The molecule has 0 spiro atoms. The van der Waals surface area contributed by atoms with Crippen molar-refractivity contribution in [2.75, 3.05) is 13.2 Å². The van der Waals surface area contributed by atoms with E-state index in [1.165, 1.54) is 0 Å². The molecule has 8 heteroatoms. The van der Waals surface area contributed by atoms with E-state index in [1.54, 1.807) is 0 Å². The van der Waals surface area contributed by atoms with Gasteiger partial charge in [0.1, 0.15) is 18.8 Å². The SMILES string of the molecule is O=C1O[C@H]([C@@H](O)COC(=O)C2CCCN2)C(O)=C1O. The van der Waals surface area contributed by atoms with E-state index in [-0.39, 0.29) is 0 Å². The van der Waals surface area contributed by atoms with Crippen molar-refractivity contribution in [1.82, 2.24) is 5.32 Å². The molecular weight excluding hydrogens is 258 g/mol. The summed E-state index contributed by atoms with van der Waals surface area (Å²) >= 11 is 0. The van der Waals surface area contributed by atoms with E-state index in [2.05, 4.69) is 10.1 Å². The molecule has 106 valence electrons. The van der Waals surface area contributed by atoms with Crippen LogP contribution in [0.25, 0.3) is 0 Å². The van der Waals surface area contributed by atoms with Crippen molar-refractivity contribution in [1.29, 1.82) is 0 Å². The highest BCUT2D eigenvalue weighted by molar-refractivity contribution is 5.89. The number of nitrogens with one attached hydrogen (secondary N) is 1. The molecule has 2 rings (SSSR count). The second-order valence-electron chi connectivity index (χ2n) is 4.41. The molecule has 0 aliphatic carbocycles. The van der Waals surface area contributed by atoms with Gasteiger partial charge in [0.05, 0.1) is 0 Å². The van der Waals surface area contributed by atoms with Crippen molar-refractivity contribution >= 4 is 11.9 Å². The van der Waals surface area contributed by atoms with Gasteiger partial charge in [-0.3, -0.25) is 4.79 Å². The molecule has 4 N–H and O–H groups in total. The van der Waals surface area contributed by atoms with Crippen LogP contribution in [-0.2, 0) is 19.1 Å². The Bertz CT molecular complexity index is 413. The molecule has 2 aliphatic heterocycles. The van der Waals surface area contributed by atoms with E-state index in [4.69, 9.17) is 9.84 Å². The third-order valence-electron chi connectivity index (χ3n) is 3.03. The predicted octanol–water partition coefficient (Wildman–Crippen LogP) is -1.10. The molecule has 1 unspecified atom stereocenters. The van der Waals surface area contributed by atoms with E-state index < -0.39 is 48.3 Å². The minimum atomic E-state index is -1.43. The van der Waals surface area contributed by atoms with Crippen LogP contribution >= 0.6 is 0 Å². The number of aliphatic hydroxyl groups is 3. The summed E-state index contributed by atoms with van der Waals surface area (Å²) in [5.41, 5.74) is 0. The number of aliphatic hydroxyl groups excluding tert-OH is 3. The summed E-state index contributed by atoms with van der Waals surface area (Å²) in [4.78, 5) is 22.5. The standard InChI is InChI=1S/C11H15NO7/c13-6(9-7(14)8(15)11(17)19-9)4-18-10(16)5-2-1-3-12-5/h5-6,9,12-15H,1-4H2/t5?,6-,9+/m0/s1. The molecule has 0 saturated carbocycles. The zero-order valence-electron chi connectivity index (χ0n) is 10.0. The van der Waals surface area contributed by atoms with Crippen molar-refractivity contribution in [3.63, 3.8) is 0 Å². The third kappa shape index (κ3) is 2.79. The van der Waals surface area contributed by atoms with Crippen LogP contribution in [0, 0.1) is 0 Å². The first kappa shape index (κ1) is 13.6. The number of ether oxygens (including phenoxy) is 2. The highest BCUT2D eigenvalue weighted by atomic mass is 16.6. The molecule has 0 bridgehead atoms. The van der Waals surface area contributed by atoms with Crippen molar-refractivity contribution < 1.29 is 34.4 Å². The molecule has 0 aromatic heterocycles. The van der Waals surface area contributed by atoms with Crippen LogP contribution in [0.2, 0.25) is 0 Å². The third-order valence-corrected chi connectivity index (χ3v) is 3.03. The van der Waals surface area contributed by atoms with Crippen molar-refractivity contribution in [3.8, 4) is 0 Å². The monoisotopic (exact) mass is 273 g/mol. The summed E-state index contributed by atoms with van der Waals surface area (Å²) in [6, 6.07) is -0.393. The van der Waals surface area contributed by atoms with Crippen LogP contribution in [0.4, 0.5) is 0 Å². The van der Waals surface area contributed by atoms with Crippen molar-refractivity contribution in [2.45, 2.75) is 31.1 Å². The molecule has 0 aromatic rings. The molecule has 0 amide bonds. The zero-order chi connectivity index (χ0) is 14.0. The van der Waals surface area contributed by atoms with E-state index in [9.17, 15) is 19.8 Å². The first-order chi connectivity index (χ1) is 9.00. The predicted molar refractivity (Wildman–Crippen MR) is 60.2 cm³/mol. The van der Waals surface area contributed by atoms with Crippen LogP contribution in [-0.4, -0.2) is 58.7 Å². The van der Waals surface area contributed by atoms with Gasteiger partial charge in [0.15, 0.2) is 11.9 Å². The largest absolute Gasteiger partial charge is 0.505 e. The molecule has 19 heavy (non-hydrogen) atoms. The maximum absolute atomic E-state index is 11.5. The average molecular weight is 273 g/mol. The van der Waals surface area contributed by atoms with Crippen LogP contribution < -0.4 is 5.32 Å². The second kappa shape index (κ2) is 5.45. The van der Waals surface area contributed by atoms with Crippen LogP contribution in [0.1, 0.15) is 12.8 Å². The normalized spacial score (nSPS) is 28.4. The fraction of sp³-hybridized carbons (Fsp3) is 0.636. The lowest BCUT2D eigenvalue weighted by atomic mass is 10.2. The Morgan fingerprint density at radius 1 is 1.53 bits per heavy atom. The second-order valence-corrected chi connectivity index (χ2v) is 4.41. The van der Waals surface area contributed by atoms with Gasteiger partial charge in [-0.05, 0) is 19.4 Å². The van der Waals surface area contributed by atoms with Crippen molar-refractivity contribution in [3.05, 3.63) is 11.5 Å². The van der Waals surface area contributed by atoms with Gasteiger partial charge >= 0.3 is 11.9 Å². The maximum Gasteiger partial charge on any atom is 0.377 e. The molecule has 0 radical (unpaired) electrons. The Labute approximate surface area is 108 Å². The molecule has 2 heterocycles. The van der Waals surface area contributed by atoms with E-state index in [0.717, 1.165) is 13.0 Å². The zero-order valence-corrected chi connectivity index (χ0v) is 10.0. The topological polar surface area (TPSA) is 125 Å². The van der Waals surface area contributed by atoms with Crippen LogP contribution in [0.15, 0.2) is 11.5 Å². The Morgan fingerprint density at radius 2 is 2.26 bits per heavy atom. The number of cyclic esters (lactones) is 1. The van der Waals surface area contributed by atoms with Crippen LogP contribution in [0.3, 0.4) is 0 Å². The quantitative estimate of drug-likeness (QED) is 0.475. The molecule has 1 fully saturated rings. The smallest absolute Gasteiger partial charge is 0.377 e. The molecule has 1 saturated heterocycles. The minimum Gasteiger partial charge on any atom is -0.505 e. The van der Waals surface area contributed by atoms with Gasteiger partial charge < -0.3 is 30.1 Å². The fourth-order valence-electron chi connectivity index (χ4n) is 1.97. The molecular formula is C11H15NO7. The van der Waals surface area contributed by atoms with Gasteiger partial charge in [-0.25, -0.2) is 4.79 Å². The lowest BCUT2D eigenvalue weighted by molar-refractivity contribution is -0.155. The number of hydrogen-bond acceptors (Lipinski definition) is 8.